The van der Waals surface area contributed by atoms with Crippen LogP contribution in [0.15, 0.2) is 6.20 Å². The first-order valence-corrected chi connectivity index (χ1v) is 6.52. The summed E-state index contributed by atoms with van der Waals surface area (Å²) in [6.45, 7) is 0. The normalized spacial score (nSPS) is 16.1. The van der Waals surface area contributed by atoms with E-state index in [1.165, 1.54) is 17.3 Å². The highest BCUT2D eigenvalue weighted by Crippen LogP contribution is 2.18. The molecule has 1 aromatic rings. The van der Waals surface area contributed by atoms with Crippen LogP contribution in [0.4, 0.5) is 10.6 Å². The maximum Gasteiger partial charge on any atom is 0.320 e. The van der Waals surface area contributed by atoms with E-state index in [4.69, 9.17) is 11.1 Å². The Hall–Kier alpha value is -2.05. The quantitative estimate of drug-likeness (QED) is 0.485. The number of carbonyl (C=O) groups excluding carboxylic acids is 1. The molecule has 7 nitrogen and oxygen atoms in total. The molecule has 1 fully saturated rings. The van der Waals surface area contributed by atoms with Crippen LogP contribution in [-0.2, 0) is 7.05 Å². The second kappa shape index (κ2) is 5.73. The van der Waals surface area contributed by atoms with Gasteiger partial charge in [-0.3, -0.25) is 15.4 Å². The maximum atomic E-state index is 11.9. The number of amidine groups is 1. The topological polar surface area (TPSA) is 109 Å². The minimum Gasteiger partial charge on any atom is -0.384 e. The first-order chi connectivity index (χ1) is 9.08. The second-order valence-corrected chi connectivity index (χ2v) is 4.88. The zero-order valence-corrected chi connectivity index (χ0v) is 11.1. The van der Waals surface area contributed by atoms with Gasteiger partial charge in [-0.15, -0.1) is 0 Å². The molecule has 0 radical (unpaired) electrons. The largest absolute Gasteiger partial charge is 0.384 e. The zero-order chi connectivity index (χ0) is 13.8. The minimum atomic E-state index is -0.266. The average Bonchev–Trinajstić information content (AvgIpc) is 2.72. The highest BCUT2D eigenvalue weighted by molar-refractivity contribution is 6.02. The number of hydrogen-bond donors (Lipinski definition) is 4. The molecular formula is C12H20N6O. The predicted octanol–water partition coefficient (Wildman–Crippen LogP) is 1.16. The third kappa shape index (κ3) is 3.24. The molecule has 5 N–H and O–H groups in total. The van der Waals surface area contributed by atoms with Crippen LogP contribution in [0.2, 0.25) is 0 Å². The van der Waals surface area contributed by atoms with Gasteiger partial charge in [-0.25, -0.2) is 4.79 Å². The van der Waals surface area contributed by atoms with Crippen LogP contribution in [0.25, 0.3) is 0 Å². The fourth-order valence-corrected chi connectivity index (χ4v) is 2.36. The van der Waals surface area contributed by atoms with Crippen LogP contribution < -0.4 is 16.4 Å². The number of carbonyl (C=O) groups is 1. The molecule has 2 rings (SSSR count). The molecule has 19 heavy (non-hydrogen) atoms. The van der Waals surface area contributed by atoms with E-state index < -0.39 is 0 Å². The van der Waals surface area contributed by atoms with Gasteiger partial charge in [0, 0.05) is 13.1 Å². The highest BCUT2D eigenvalue weighted by atomic mass is 16.2. The van der Waals surface area contributed by atoms with Crippen molar-refractivity contribution in [2.45, 2.75) is 38.1 Å². The first-order valence-electron chi connectivity index (χ1n) is 6.52. The van der Waals surface area contributed by atoms with Gasteiger partial charge in [-0.05, 0) is 12.8 Å². The van der Waals surface area contributed by atoms with E-state index in [9.17, 15) is 4.79 Å². The second-order valence-electron chi connectivity index (χ2n) is 4.88. The van der Waals surface area contributed by atoms with Crippen molar-refractivity contribution in [1.82, 2.24) is 15.1 Å². The summed E-state index contributed by atoms with van der Waals surface area (Å²) in [5, 5.41) is 17.1. The van der Waals surface area contributed by atoms with Gasteiger partial charge < -0.3 is 11.1 Å². The molecule has 2 amide bonds. The number of rotatable bonds is 3. The van der Waals surface area contributed by atoms with Crippen LogP contribution in [0, 0.1) is 5.41 Å². The lowest BCUT2D eigenvalue weighted by atomic mass is 9.96. The van der Waals surface area contributed by atoms with E-state index in [-0.39, 0.29) is 17.9 Å². The van der Waals surface area contributed by atoms with Crippen molar-refractivity contribution in [3.63, 3.8) is 0 Å². The molecule has 0 unspecified atom stereocenters. The average molecular weight is 264 g/mol. The number of nitrogens with two attached hydrogens (primary N) is 1. The van der Waals surface area contributed by atoms with Crippen LogP contribution in [0.3, 0.4) is 0 Å². The van der Waals surface area contributed by atoms with Crippen LogP contribution in [-0.4, -0.2) is 27.7 Å². The molecule has 1 heterocycles. The van der Waals surface area contributed by atoms with E-state index in [0.29, 0.717) is 11.4 Å². The summed E-state index contributed by atoms with van der Waals surface area (Å²) >= 11 is 0. The predicted molar refractivity (Wildman–Crippen MR) is 73.3 cm³/mol. The van der Waals surface area contributed by atoms with Gasteiger partial charge in [0.05, 0.1) is 11.8 Å². The van der Waals surface area contributed by atoms with Crippen LogP contribution >= 0.6 is 0 Å². The Morgan fingerprint density at radius 2 is 2.16 bits per heavy atom. The van der Waals surface area contributed by atoms with Crippen LogP contribution in [0.1, 0.15) is 37.7 Å². The van der Waals surface area contributed by atoms with Gasteiger partial charge in [0.1, 0.15) is 11.7 Å². The lowest BCUT2D eigenvalue weighted by Gasteiger charge is -2.23. The fourth-order valence-electron chi connectivity index (χ4n) is 2.36. The number of urea groups is 1. The Kier molecular flexibility index (Phi) is 4.03. The summed E-state index contributed by atoms with van der Waals surface area (Å²) in [7, 11) is 1.70. The monoisotopic (exact) mass is 264 g/mol. The van der Waals surface area contributed by atoms with E-state index in [2.05, 4.69) is 15.7 Å². The van der Waals surface area contributed by atoms with Gasteiger partial charge in [0.25, 0.3) is 0 Å². The molecule has 0 bridgehead atoms. The maximum absolute atomic E-state index is 11.9. The van der Waals surface area contributed by atoms with E-state index in [0.717, 1.165) is 25.7 Å². The number of hydrogen-bond acceptors (Lipinski definition) is 3. The molecule has 1 aliphatic carbocycles. The zero-order valence-electron chi connectivity index (χ0n) is 11.1. The summed E-state index contributed by atoms with van der Waals surface area (Å²) < 4.78 is 1.50. The van der Waals surface area contributed by atoms with Gasteiger partial charge in [-0.2, -0.15) is 5.10 Å². The number of aromatic nitrogens is 2. The minimum absolute atomic E-state index is 0.110. The van der Waals surface area contributed by atoms with Crippen molar-refractivity contribution >= 4 is 17.7 Å². The van der Waals surface area contributed by atoms with Crippen molar-refractivity contribution < 1.29 is 4.79 Å². The number of anilines is 1. The molecule has 0 atom stereocenters. The first kappa shape index (κ1) is 13.4. The Bertz CT molecular complexity index is 475. The fraction of sp³-hybridized carbons (Fsp3) is 0.583. The van der Waals surface area contributed by atoms with E-state index >= 15 is 0 Å². The summed E-state index contributed by atoms with van der Waals surface area (Å²) in [6, 6.07) is -0.0271. The summed E-state index contributed by atoms with van der Waals surface area (Å²) in [4.78, 5) is 11.9. The molecule has 1 saturated carbocycles. The summed E-state index contributed by atoms with van der Waals surface area (Å²) in [6.07, 6.45) is 7.09. The third-order valence-corrected chi connectivity index (χ3v) is 3.40. The molecule has 0 aromatic carbocycles. The number of nitrogens with zero attached hydrogens (tertiary/aromatic N) is 2. The number of aryl methyl sites for hydroxylation is 1. The molecule has 1 aliphatic rings. The lowest BCUT2D eigenvalue weighted by Crippen LogP contribution is -2.39. The Balaban J connectivity index is 1.98. The van der Waals surface area contributed by atoms with E-state index in [1.807, 2.05) is 0 Å². The van der Waals surface area contributed by atoms with Crippen molar-refractivity contribution in [1.29, 1.82) is 5.41 Å². The molecule has 7 heteroatoms. The van der Waals surface area contributed by atoms with Gasteiger partial charge >= 0.3 is 6.03 Å². The van der Waals surface area contributed by atoms with E-state index in [1.54, 1.807) is 7.05 Å². The van der Waals surface area contributed by atoms with Gasteiger partial charge in [0.2, 0.25) is 0 Å². The Morgan fingerprint density at radius 3 is 2.79 bits per heavy atom. The van der Waals surface area contributed by atoms with Crippen LogP contribution in [0.5, 0.6) is 0 Å². The van der Waals surface area contributed by atoms with Gasteiger partial charge in [-0.1, -0.05) is 19.3 Å². The number of nitrogen functional groups attached to an aromatic ring is 1. The molecule has 1 aromatic heterocycles. The molecular weight excluding hydrogens is 244 g/mol. The van der Waals surface area contributed by atoms with Crippen molar-refractivity contribution in [2.24, 2.45) is 12.8 Å². The molecule has 0 aliphatic heterocycles. The summed E-state index contributed by atoms with van der Waals surface area (Å²) in [5.74, 6) is 0.335. The highest BCUT2D eigenvalue weighted by Gasteiger charge is 2.18. The summed E-state index contributed by atoms with van der Waals surface area (Å²) in [5.41, 5.74) is 5.88. The Morgan fingerprint density at radius 1 is 1.47 bits per heavy atom. The standard InChI is InChI=1S/C12H20N6O/c1-18-11(9(7-15-18)10(13)14)17-12(19)16-8-5-3-2-4-6-8/h7-8H,2-6H2,1H3,(H3,13,14)(H2,16,17,19). The Labute approximate surface area is 112 Å². The third-order valence-electron chi connectivity index (χ3n) is 3.40. The smallest absolute Gasteiger partial charge is 0.320 e. The molecule has 0 saturated heterocycles. The number of amides is 2. The van der Waals surface area contributed by atoms with Gasteiger partial charge in [0.15, 0.2) is 0 Å². The van der Waals surface area contributed by atoms with Crippen molar-refractivity contribution in [2.75, 3.05) is 5.32 Å². The number of nitrogens with one attached hydrogen (secondary N) is 3. The van der Waals surface area contributed by atoms with Crippen molar-refractivity contribution in [3.05, 3.63) is 11.8 Å². The molecule has 0 spiro atoms. The SMILES string of the molecule is Cn1ncc(C(=N)N)c1NC(=O)NC1CCCCC1. The lowest BCUT2D eigenvalue weighted by molar-refractivity contribution is 0.244. The molecule has 104 valence electrons. The van der Waals surface area contributed by atoms with Crippen molar-refractivity contribution in [3.8, 4) is 0 Å².